The highest BCUT2D eigenvalue weighted by molar-refractivity contribution is 6.31. The Morgan fingerprint density at radius 1 is 1.38 bits per heavy atom. The molecule has 7 nitrogen and oxygen atoms in total. The van der Waals surface area contributed by atoms with E-state index < -0.39 is 17.7 Å². The van der Waals surface area contributed by atoms with E-state index in [4.69, 9.17) is 16.3 Å². The lowest BCUT2D eigenvalue weighted by Gasteiger charge is -2.35. The molecule has 2 rings (SSSR count). The Morgan fingerprint density at radius 3 is 2.69 bits per heavy atom. The average molecular weight is 382 g/mol. The second kappa shape index (κ2) is 7.95. The number of hydrogen-bond donors (Lipinski definition) is 1. The van der Waals surface area contributed by atoms with Crippen LogP contribution >= 0.6 is 11.6 Å². The lowest BCUT2D eigenvalue weighted by molar-refractivity contribution is -0.120. The third-order valence-electron chi connectivity index (χ3n) is 3.94. The fraction of sp³-hybridized carbons (Fsp3) is 0.500. The van der Waals surface area contributed by atoms with Gasteiger partial charge >= 0.3 is 6.09 Å². The molecule has 1 aliphatic heterocycles. The summed E-state index contributed by atoms with van der Waals surface area (Å²) < 4.78 is 5.25. The van der Waals surface area contributed by atoms with Crippen LogP contribution in [0.2, 0.25) is 5.02 Å². The first-order chi connectivity index (χ1) is 12.1. The highest BCUT2D eigenvalue weighted by Crippen LogP contribution is 2.33. The van der Waals surface area contributed by atoms with Gasteiger partial charge in [-0.25, -0.2) is 4.79 Å². The summed E-state index contributed by atoms with van der Waals surface area (Å²) in [7, 11) is 1.63. The summed E-state index contributed by atoms with van der Waals surface area (Å²) in [5.74, 6) is -0.259. The highest BCUT2D eigenvalue weighted by Gasteiger charge is 2.31. The molecule has 8 heteroatoms. The number of aldehydes is 1. The first kappa shape index (κ1) is 20.0. The van der Waals surface area contributed by atoms with Crippen molar-refractivity contribution in [2.75, 3.05) is 29.9 Å². The van der Waals surface area contributed by atoms with E-state index >= 15 is 0 Å². The normalized spacial score (nSPS) is 17.9. The summed E-state index contributed by atoms with van der Waals surface area (Å²) >= 11 is 6.09. The van der Waals surface area contributed by atoms with Gasteiger partial charge in [0.1, 0.15) is 17.9 Å². The zero-order valence-electron chi connectivity index (χ0n) is 15.4. The number of benzene rings is 1. The number of anilines is 2. The average Bonchev–Trinajstić information content (AvgIpc) is 2.53. The molecule has 1 heterocycles. The van der Waals surface area contributed by atoms with Gasteiger partial charge < -0.3 is 24.6 Å². The molecule has 0 saturated carbocycles. The first-order valence-electron chi connectivity index (χ1n) is 8.37. The van der Waals surface area contributed by atoms with Gasteiger partial charge in [0.05, 0.1) is 17.9 Å². The Balaban J connectivity index is 2.30. The van der Waals surface area contributed by atoms with Crippen LogP contribution in [0.15, 0.2) is 18.2 Å². The van der Waals surface area contributed by atoms with Crippen molar-refractivity contribution in [2.45, 2.75) is 38.8 Å². The molecule has 0 radical (unpaired) electrons. The minimum Gasteiger partial charge on any atom is -0.444 e. The van der Waals surface area contributed by atoms with Gasteiger partial charge in [-0.05, 0) is 45.4 Å². The van der Waals surface area contributed by atoms with Crippen LogP contribution < -0.4 is 15.1 Å². The molecule has 0 spiro atoms. The molecule has 0 fully saturated rings. The predicted molar refractivity (Wildman–Crippen MR) is 101 cm³/mol. The van der Waals surface area contributed by atoms with Crippen LogP contribution in [-0.2, 0) is 14.3 Å². The number of nitrogens with zero attached hydrogens (tertiary/aromatic N) is 2. The molecule has 1 aromatic carbocycles. The molecule has 0 aromatic heterocycles. The molecule has 0 unspecified atom stereocenters. The Bertz CT molecular complexity index is 702. The molecule has 142 valence electrons. The van der Waals surface area contributed by atoms with Gasteiger partial charge in [0, 0.05) is 18.6 Å². The van der Waals surface area contributed by atoms with Crippen LogP contribution in [0.5, 0.6) is 0 Å². The lowest BCUT2D eigenvalue weighted by Crippen LogP contribution is -2.51. The fourth-order valence-electron chi connectivity index (χ4n) is 2.78. The fourth-order valence-corrected chi connectivity index (χ4v) is 2.94. The number of amides is 2. The summed E-state index contributed by atoms with van der Waals surface area (Å²) in [6.45, 7) is 5.83. The number of ether oxygens (including phenoxy) is 1. The Kier molecular flexibility index (Phi) is 6.13. The van der Waals surface area contributed by atoms with Crippen molar-refractivity contribution in [3.8, 4) is 0 Å². The van der Waals surface area contributed by atoms with E-state index in [0.717, 1.165) is 6.29 Å². The van der Waals surface area contributed by atoms with E-state index in [1.165, 1.54) is 4.90 Å². The van der Waals surface area contributed by atoms with Gasteiger partial charge in [-0.15, -0.1) is 0 Å². The second-order valence-electron chi connectivity index (χ2n) is 7.13. The zero-order chi connectivity index (χ0) is 19.5. The van der Waals surface area contributed by atoms with Crippen LogP contribution in [0, 0.1) is 0 Å². The van der Waals surface area contributed by atoms with Gasteiger partial charge in [0.15, 0.2) is 0 Å². The number of nitrogens with one attached hydrogen (secondary N) is 1. The second-order valence-corrected chi connectivity index (χ2v) is 7.57. The number of likely N-dealkylation sites (N-methyl/N-ethyl adjacent to an activating group) is 1. The monoisotopic (exact) mass is 381 g/mol. The molecule has 1 aliphatic rings. The number of rotatable bonds is 3. The van der Waals surface area contributed by atoms with Crippen molar-refractivity contribution in [3.63, 3.8) is 0 Å². The Hall–Kier alpha value is -2.28. The van der Waals surface area contributed by atoms with Crippen molar-refractivity contribution < 1.29 is 19.1 Å². The van der Waals surface area contributed by atoms with E-state index in [2.05, 4.69) is 5.32 Å². The van der Waals surface area contributed by atoms with E-state index in [-0.39, 0.29) is 12.5 Å². The quantitative estimate of drug-likeness (QED) is 0.814. The molecule has 0 aliphatic carbocycles. The number of hydrogen-bond acceptors (Lipinski definition) is 5. The first-order valence-corrected chi connectivity index (χ1v) is 8.75. The minimum atomic E-state index is -0.757. The summed E-state index contributed by atoms with van der Waals surface area (Å²) in [5.41, 5.74) is 0.668. The molecule has 1 N–H and O–H groups in total. The molecular formula is C18H24ClN3O4. The number of carbonyl (C=O) groups is 3. The Morgan fingerprint density at radius 2 is 2.08 bits per heavy atom. The van der Waals surface area contributed by atoms with Crippen molar-refractivity contribution >= 4 is 41.3 Å². The number of fused-ring (bicyclic) bond motifs is 1. The third-order valence-corrected chi connectivity index (χ3v) is 4.18. The Labute approximate surface area is 158 Å². The maximum absolute atomic E-state index is 12.8. The van der Waals surface area contributed by atoms with Gasteiger partial charge in [-0.3, -0.25) is 4.79 Å². The lowest BCUT2D eigenvalue weighted by atomic mass is 10.1. The predicted octanol–water partition coefficient (Wildman–Crippen LogP) is 2.61. The van der Waals surface area contributed by atoms with Crippen LogP contribution in [0.25, 0.3) is 0 Å². The highest BCUT2D eigenvalue weighted by atomic mass is 35.5. The third kappa shape index (κ3) is 4.88. The van der Waals surface area contributed by atoms with Gasteiger partial charge in [0.25, 0.3) is 0 Å². The topological polar surface area (TPSA) is 79.0 Å². The summed E-state index contributed by atoms with van der Waals surface area (Å²) in [6.07, 6.45) is 0.482. The minimum absolute atomic E-state index is 0.161. The van der Waals surface area contributed by atoms with E-state index in [9.17, 15) is 14.4 Å². The summed E-state index contributed by atoms with van der Waals surface area (Å²) in [4.78, 5) is 39.3. The molecule has 0 bridgehead atoms. The summed E-state index contributed by atoms with van der Waals surface area (Å²) in [6, 6.07) is 4.38. The zero-order valence-corrected chi connectivity index (χ0v) is 16.2. The number of carbonyl (C=O) groups excluding carboxylic acids is 3. The van der Waals surface area contributed by atoms with Gasteiger partial charge in [-0.1, -0.05) is 11.6 Å². The SMILES string of the molecule is CN1C(=O)[C@@H](NC(=O)OC(C)(C)C)CCN(CC=O)c2cc(Cl)ccc21. The molecule has 1 atom stereocenters. The molecule has 0 saturated heterocycles. The maximum atomic E-state index is 12.8. The van der Waals surface area contributed by atoms with Crippen LogP contribution in [0.3, 0.4) is 0 Å². The van der Waals surface area contributed by atoms with Crippen molar-refractivity contribution in [3.05, 3.63) is 23.2 Å². The van der Waals surface area contributed by atoms with Crippen LogP contribution in [-0.4, -0.2) is 50.1 Å². The number of halogens is 1. The van der Waals surface area contributed by atoms with Crippen molar-refractivity contribution in [1.82, 2.24) is 5.32 Å². The van der Waals surface area contributed by atoms with Crippen LogP contribution in [0.1, 0.15) is 27.2 Å². The van der Waals surface area contributed by atoms with E-state index in [0.29, 0.717) is 29.4 Å². The maximum Gasteiger partial charge on any atom is 0.408 e. The molecule has 1 aromatic rings. The molecule has 26 heavy (non-hydrogen) atoms. The van der Waals surface area contributed by atoms with E-state index in [1.54, 1.807) is 46.0 Å². The van der Waals surface area contributed by atoms with Crippen LogP contribution in [0.4, 0.5) is 16.2 Å². The van der Waals surface area contributed by atoms with Crippen molar-refractivity contribution in [1.29, 1.82) is 0 Å². The molecule has 2 amide bonds. The van der Waals surface area contributed by atoms with Gasteiger partial charge in [-0.2, -0.15) is 0 Å². The smallest absolute Gasteiger partial charge is 0.408 e. The number of alkyl carbamates (subject to hydrolysis) is 1. The standard InChI is InChI=1S/C18H24ClN3O4/c1-18(2,3)26-17(25)20-13-7-8-22(9-10-23)15-11-12(19)5-6-14(15)21(4)16(13)24/h5-6,10-11,13H,7-9H2,1-4H3,(H,20,25)/t13-/m0/s1. The van der Waals surface area contributed by atoms with Gasteiger partial charge in [0.2, 0.25) is 5.91 Å². The largest absolute Gasteiger partial charge is 0.444 e. The van der Waals surface area contributed by atoms with E-state index in [1.807, 2.05) is 4.90 Å². The van der Waals surface area contributed by atoms with Crippen molar-refractivity contribution in [2.24, 2.45) is 0 Å². The summed E-state index contributed by atoms with van der Waals surface area (Å²) in [5, 5.41) is 3.15. The molecular weight excluding hydrogens is 358 g/mol.